The van der Waals surface area contributed by atoms with Crippen molar-refractivity contribution >= 4 is 17.7 Å². The summed E-state index contributed by atoms with van der Waals surface area (Å²) in [6.07, 6.45) is -0.596. The summed E-state index contributed by atoms with van der Waals surface area (Å²) < 4.78 is 16.6. The second kappa shape index (κ2) is 6.09. The lowest BCUT2D eigenvalue weighted by molar-refractivity contribution is -0.181. The summed E-state index contributed by atoms with van der Waals surface area (Å²) in [5.74, 6) is -2.61. The van der Waals surface area contributed by atoms with Gasteiger partial charge in [0.25, 0.3) is 0 Å². The SMILES string of the molecule is C=C1C(=O)O[C@@H]2/C=C(/C)C3=CC(=O)[C@](C)(O3)[C@H](O)[C@@H](OC(=O)C(C)C)[C@@H]12. The van der Waals surface area contributed by atoms with Crippen molar-refractivity contribution in [3.63, 3.8) is 0 Å². The van der Waals surface area contributed by atoms with E-state index in [0.29, 0.717) is 11.3 Å². The van der Waals surface area contributed by atoms with E-state index in [2.05, 4.69) is 6.58 Å². The molecule has 1 N–H and O–H groups in total. The number of allylic oxidation sites excluding steroid dienone is 1. The van der Waals surface area contributed by atoms with Crippen molar-refractivity contribution in [2.24, 2.45) is 11.8 Å². The third-order valence-electron chi connectivity index (χ3n) is 5.09. The lowest BCUT2D eigenvalue weighted by atomic mass is 9.80. The largest absolute Gasteiger partial charge is 0.476 e. The number of ketones is 1. The third kappa shape index (κ3) is 2.67. The summed E-state index contributed by atoms with van der Waals surface area (Å²) in [6.45, 7) is 10.2. The lowest BCUT2D eigenvalue weighted by Gasteiger charge is -2.36. The van der Waals surface area contributed by atoms with Crippen LogP contribution in [-0.2, 0) is 28.6 Å². The van der Waals surface area contributed by atoms with Crippen LogP contribution in [0.3, 0.4) is 0 Å². The molecule has 2 bridgehead atoms. The molecule has 0 unspecified atom stereocenters. The quantitative estimate of drug-likeness (QED) is 0.582. The van der Waals surface area contributed by atoms with Crippen LogP contribution in [0.15, 0.2) is 35.6 Å². The Bertz CT molecular complexity index is 760. The normalized spacial score (nSPS) is 38.3. The topological polar surface area (TPSA) is 99.1 Å². The molecule has 5 atom stereocenters. The first-order valence-electron chi connectivity index (χ1n) is 8.48. The van der Waals surface area contributed by atoms with Crippen molar-refractivity contribution in [2.45, 2.75) is 51.6 Å². The lowest BCUT2D eigenvalue weighted by Crippen LogP contribution is -2.56. The van der Waals surface area contributed by atoms with E-state index in [0.717, 1.165) is 0 Å². The smallest absolute Gasteiger partial charge is 0.334 e. The Morgan fingerprint density at radius 1 is 1.38 bits per heavy atom. The van der Waals surface area contributed by atoms with Crippen LogP contribution in [0.25, 0.3) is 0 Å². The van der Waals surface area contributed by atoms with E-state index in [1.54, 1.807) is 26.8 Å². The van der Waals surface area contributed by atoms with Crippen LogP contribution in [0.2, 0.25) is 0 Å². The number of esters is 2. The Balaban J connectivity index is 2.12. The molecule has 1 saturated heterocycles. The second-order valence-corrected chi connectivity index (χ2v) is 7.35. The first-order valence-corrected chi connectivity index (χ1v) is 8.48. The summed E-state index contributed by atoms with van der Waals surface area (Å²) in [4.78, 5) is 36.8. The molecule has 3 aliphatic rings. The zero-order valence-electron chi connectivity index (χ0n) is 15.1. The van der Waals surface area contributed by atoms with Gasteiger partial charge in [-0.3, -0.25) is 9.59 Å². The van der Waals surface area contributed by atoms with Crippen LogP contribution < -0.4 is 0 Å². The molecule has 140 valence electrons. The molecule has 0 aromatic heterocycles. The minimum absolute atomic E-state index is 0.0856. The molecule has 26 heavy (non-hydrogen) atoms. The fourth-order valence-electron chi connectivity index (χ4n) is 3.35. The summed E-state index contributed by atoms with van der Waals surface area (Å²) in [6, 6.07) is 0. The van der Waals surface area contributed by atoms with Crippen LogP contribution in [0.1, 0.15) is 27.7 Å². The molecule has 3 heterocycles. The minimum atomic E-state index is -1.63. The first-order chi connectivity index (χ1) is 12.1. The van der Waals surface area contributed by atoms with Gasteiger partial charge in [0.15, 0.2) is 5.60 Å². The summed E-state index contributed by atoms with van der Waals surface area (Å²) in [5.41, 5.74) is -0.960. The molecule has 3 aliphatic heterocycles. The zero-order valence-corrected chi connectivity index (χ0v) is 15.1. The highest BCUT2D eigenvalue weighted by Gasteiger charge is 2.57. The number of ether oxygens (including phenoxy) is 3. The fraction of sp³-hybridized carbons (Fsp3) is 0.526. The predicted molar refractivity (Wildman–Crippen MR) is 89.6 cm³/mol. The molecule has 3 rings (SSSR count). The van der Waals surface area contributed by atoms with Gasteiger partial charge in [-0.1, -0.05) is 20.4 Å². The van der Waals surface area contributed by atoms with Gasteiger partial charge < -0.3 is 19.3 Å². The monoisotopic (exact) mass is 362 g/mol. The number of hydrogen-bond acceptors (Lipinski definition) is 7. The molecular weight excluding hydrogens is 340 g/mol. The molecule has 0 spiro atoms. The maximum atomic E-state index is 12.5. The van der Waals surface area contributed by atoms with Gasteiger partial charge in [0.05, 0.1) is 11.8 Å². The van der Waals surface area contributed by atoms with Gasteiger partial charge in [-0.2, -0.15) is 0 Å². The van der Waals surface area contributed by atoms with E-state index in [1.165, 1.54) is 13.0 Å². The third-order valence-corrected chi connectivity index (χ3v) is 5.09. The van der Waals surface area contributed by atoms with E-state index < -0.39 is 53.5 Å². The van der Waals surface area contributed by atoms with Gasteiger partial charge in [0.2, 0.25) is 5.78 Å². The zero-order chi connectivity index (χ0) is 19.4. The number of fused-ring (bicyclic) bond motifs is 3. The summed E-state index contributed by atoms with van der Waals surface area (Å²) in [7, 11) is 0. The number of carbonyl (C=O) groups excluding carboxylic acids is 3. The number of aliphatic hydroxyl groups is 1. The van der Waals surface area contributed by atoms with Gasteiger partial charge in [-0.25, -0.2) is 4.79 Å². The Labute approximate surface area is 151 Å². The van der Waals surface area contributed by atoms with Crippen molar-refractivity contribution < 1.29 is 33.7 Å². The molecule has 0 saturated carbocycles. The number of rotatable bonds is 2. The highest BCUT2D eigenvalue weighted by molar-refractivity contribution is 6.00. The molecule has 0 aromatic rings. The molecule has 1 fully saturated rings. The second-order valence-electron chi connectivity index (χ2n) is 7.35. The molecule has 0 amide bonds. The van der Waals surface area contributed by atoms with Gasteiger partial charge in [-0.15, -0.1) is 0 Å². The molecule has 0 aliphatic carbocycles. The van der Waals surface area contributed by atoms with E-state index in [-0.39, 0.29) is 5.57 Å². The van der Waals surface area contributed by atoms with Crippen LogP contribution in [0.4, 0.5) is 0 Å². The van der Waals surface area contributed by atoms with Crippen molar-refractivity contribution in [3.8, 4) is 0 Å². The van der Waals surface area contributed by atoms with Crippen LogP contribution in [0, 0.1) is 11.8 Å². The highest BCUT2D eigenvalue weighted by Crippen LogP contribution is 2.42. The van der Waals surface area contributed by atoms with Gasteiger partial charge >= 0.3 is 11.9 Å². The van der Waals surface area contributed by atoms with Gasteiger partial charge in [0, 0.05) is 11.6 Å². The van der Waals surface area contributed by atoms with Crippen molar-refractivity contribution in [1.82, 2.24) is 0 Å². The maximum absolute atomic E-state index is 12.5. The maximum Gasteiger partial charge on any atom is 0.334 e. The van der Waals surface area contributed by atoms with E-state index in [1.807, 2.05) is 0 Å². The van der Waals surface area contributed by atoms with Gasteiger partial charge in [0.1, 0.15) is 24.1 Å². The standard InChI is InChI=1S/C19H22O7/c1-8(2)17(22)25-15-14-10(4)18(23)24-12(14)6-9(3)11-7-13(20)19(5,26-11)16(15)21/h6-8,12,14-16,21H,4H2,1-3,5H3/b9-6-/t12-,14+,15+,16-,19+/m1/s1. The van der Waals surface area contributed by atoms with Crippen LogP contribution in [0.5, 0.6) is 0 Å². The number of aliphatic hydroxyl groups excluding tert-OH is 1. The molecule has 0 aromatic carbocycles. The number of hydrogen-bond donors (Lipinski definition) is 1. The van der Waals surface area contributed by atoms with Crippen LogP contribution in [-0.4, -0.2) is 46.7 Å². The highest BCUT2D eigenvalue weighted by atomic mass is 16.6. The Morgan fingerprint density at radius 2 is 2.04 bits per heavy atom. The van der Waals surface area contributed by atoms with E-state index >= 15 is 0 Å². The summed E-state index contributed by atoms with van der Waals surface area (Å²) >= 11 is 0. The Morgan fingerprint density at radius 3 is 2.65 bits per heavy atom. The Hall–Kier alpha value is -2.41. The van der Waals surface area contributed by atoms with Crippen molar-refractivity contribution in [2.75, 3.05) is 0 Å². The predicted octanol–water partition coefficient (Wildman–Crippen LogP) is 1.21. The first kappa shape index (κ1) is 18.4. The fourth-order valence-corrected chi connectivity index (χ4v) is 3.35. The number of carbonyl (C=O) groups is 3. The van der Waals surface area contributed by atoms with Crippen molar-refractivity contribution in [1.29, 1.82) is 0 Å². The van der Waals surface area contributed by atoms with Crippen LogP contribution >= 0.6 is 0 Å². The van der Waals surface area contributed by atoms with Crippen molar-refractivity contribution in [3.05, 3.63) is 35.6 Å². The molecule has 7 nitrogen and oxygen atoms in total. The molecular formula is C19H22O7. The Kier molecular flexibility index (Phi) is 4.30. The molecule has 7 heteroatoms. The molecule has 0 radical (unpaired) electrons. The average molecular weight is 362 g/mol. The average Bonchev–Trinajstić information content (AvgIpc) is 3.02. The summed E-state index contributed by atoms with van der Waals surface area (Å²) in [5, 5.41) is 11.0. The van der Waals surface area contributed by atoms with E-state index in [9.17, 15) is 19.5 Å². The van der Waals surface area contributed by atoms with E-state index in [4.69, 9.17) is 14.2 Å². The van der Waals surface area contributed by atoms with Gasteiger partial charge in [-0.05, 0) is 25.5 Å². The minimum Gasteiger partial charge on any atom is -0.476 e.